The number of hydrogen-bond acceptors (Lipinski definition) is 1. The van der Waals surface area contributed by atoms with Crippen molar-refractivity contribution in [3.8, 4) is 0 Å². The van der Waals surface area contributed by atoms with E-state index >= 15 is 0 Å². The van der Waals surface area contributed by atoms with Gasteiger partial charge in [0, 0.05) is 28.6 Å². The Morgan fingerprint density at radius 2 is 2.31 bits per heavy atom. The normalized spacial score (nSPS) is 20.4. The molecule has 0 aliphatic carbocycles. The molecule has 1 aromatic carbocycles. The van der Waals surface area contributed by atoms with Crippen molar-refractivity contribution in [3.05, 3.63) is 28.2 Å². The fraction of sp³-hybridized carbons (Fsp3) is 0.538. The SMILES string of the molecule is CCC1CCCN1c1ccc(Br)cc1CCl. The number of rotatable bonds is 3. The zero-order valence-corrected chi connectivity index (χ0v) is 11.9. The number of nitrogens with zero attached hydrogens (tertiary/aromatic N) is 1. The lowest BCUT2D eigenvalue weighted by Gasteiger charge is -2.28. The van der Waals surface area contributed by atoms with Gasteiger partial charge in [-0.3, -0.25) is 0 Å². The molecule has 0 bridgehead atoms. The summed E-state index contributed by atoms with van der Waals surface area (Å²) in [5.41, 5.74) is 2.55. The molecule has 1 unspecified atom stereocenters. The van der Waals surface area contributed by atoms with Gasteiger partial charge in [-0.05, 0) is 43.0 Å². The van der Waals surface area contributed by atoms with E-state index in [0.29, 0.717) is 11.9 Å². The molecular formula is C13H17BrClN. The molecule has 2 rings (SSSR count). The van der Waals surface area contributed by atoms with Crippen LogP contribution >= 0.6 is 27.5 Å². The molecule has 16 heavy (non-hydrogen) atoms. The third kappa shape index (κ3) is 2.38. The highest BCUT2D eigenvalue weighted by atomic mass is 79.9. The van der Waals surface area contributed by atoms with E-state index < -0.39 is 0 Å². The fourth-order valence-corrected chi connectivity index (χ4v) is 3.14. The first-order valence-corrected chi connectivity index (χ1v) is 7.20. The molecule has 1 nitrogen and oxygen atoms in total. The molecular weight excluding hydrogens is 286 g/mol. The highest BCUT2D eigenvalue weighted by Gasteiger charge is 2.24. The quantitative estimate of drug-likeness (QED) is 0.740. The van der Waals surface area contributed by atoms with Gasteiger partial charge in [-0.2, -0.15) is 0 Å². The van der Waals surface area contributed by atoms with E-state index in [1.165, 1.54) is 37.1 Å². The predicted molar refractivity (Wildman–Crippen MR) is 74.4 cm³/mol. The fourth-order valence-electron chi connectivity index (χ4n) is 2.52. The summed E-state index contributed by atoms with van der Waals surface area (Å²) in [4.78, 5) is 2.52. The summed E-state index contributed by atoms with van der Waals surface area (Å²) in [7, 11) is 0. The molecule has 1 saturated heterocycles. The number of alkyl halides is 1. The summed E-state index contributed by atoms with van der Waals surface area (Å²) in [5.74, 6) is 0.585. The summed E-state index contributed by atoms with van der Waals surface area (Å²) >= 11 is 9.53. The van der Waals surface area contributed by atoms with Crippen molar-refractivity contribution in [2.45, 2.75) is 38.1 Å². The maximum absolute atomic E-state index is 6.03. The zero-order chi connectivity index (χ0) is 11.5. The Bertz CT molecular complexity index is 367. The van der Waals surface area contributed by atoms with Crippen molar-refractivity contribution in [2.75, 3.05) is 11.4 Å². The minimum absolute atomic E-state index is 0.585. The Hall–Kier alpha value is -0.210. The van der Waals surface area contributed by atoms with E-state index in [0.717, 1.165) is 4.47 Å². The summed E-state index contributed by atoms with van der Waals surface area (Å²) < 4.78 is 1.11. The van der Waals surface area contributed by atoms with Gasteiger partial charge in [0.05, 0.1) is 0 Å². The largest absolute Gasteiger partial charge is 0.368 e. The summed E-state index contributed by atoms with van der Waals surface area (Å²) in [6.45, 7) is 3.44. The second kappa shape index (κ2) is 5.42. The lowest BCUT2D eigenvalue weighted by Crippen LogP contribution is -2.29. The first-order valence-electron chi connectivity index (χ1n) is 5.87. The minimum Gasteiger partial charge on any atom is -0.368 e. The van der Waals surface area contributed by atoms with Crippen LogP contribution in [0, 0.1) is 0 Å². The number of halogens is 2. The monoisotopic (exact) mass is 301 g/mol. The molecule has 1 fully saturated rings. The van der Waals surface area contributed by atoms with Gasteiger partial charge < -0.3 is 4.90 Å². The zero-order valence-electron chi connectivity index (χ0n) is 9.55. The molecule has 0 aromatic heterocycles. The Kier molecular flexibility index (Phi) is 4.15. The summed E-state index contributed by atoms with van der Waals surface area (Å²) in [5, 5.41) is 0. The van der Waals surface area contributed by atoms with Crippen LogP contribution in [0.4, 0.5) is 5.69 Å². The maximum Gasteiger partial charge on any atom is 0.0494 e. The second-order valence-electron chi connectivity index (χ2n) is 4.30. The van der Waals surface area contributed by atoms with Crippen LogP contribution in [0.15, 0.2) is 22.7 Å². The van der Waals surface area contributed by atoms with Gasteiger partial charge in [0.25, 0.3) is 0 Å². The third-order valence-electron chi connectivity index (χ3n) is 3.34. The van der Waals surface area contributed by atoms with E-state index in [1.807, 2.05) is 0 Å². The molecule has 0 radical (unpaired) electrons. The van der Waals surface area contributed by atoms with Crippen molar-refractivity contribution in [3.63, 3.8) is 0 Å². The number of hydrogen-bond donors (Lipinski definition) is 0. The van der Waals surface area contributed by atoms with Crippen LogP contribution in [0.5, 0.6) is 0 Å². The molecule has 88 valence electrons. The van der Waals surface area contributed by atoms with Crippen LogP contribution in [0.2, 0.25) is 0 Å². The Morgan fingerprint density at radius 1 is 1.50 bits per heavy atom. The van der Waals surface area contributed by atoms with E-state index in [2.05, 4.69) is 46.0 Å². The Morgan fingerprint density at radius 3 is 3.00 bits per heavy atom. The first-order chi connectivity index (χ1) is 7.76. The second-order valence-corrected chi connectivity index (χ2v) is 5.49. The Labute approximate surface area is 111 Å². The highest BCUT2D eigenvalue weighted by Crippen LogP contribution is 2.32. The average Bonchev–Trinajstić information content (AvgIpc) is 2.76. The molecule has 0 N–H and O–H groups in total. The molecule has 0 spiro atoms. The molecule has 1 atom stereocenters. The van der Waals surface area contributed by atoms with Crippen molar-refractivity contribution < 1.29 is 0 Å². The molecule has 1 heterocycles. The first kappa shape index (κ1) is 12.3. The Balaban J connectivity index is 2.31. The predicted octanol–water partition coefficient (Wildman–Crippen LogP) is 4.57. The molecule has 0 saturated carbocycles. The smallest absolute Gasteiger partial charge is 0.0494 e. The molecule has 1 aliphatic rings. The van der Waals surface area contributed by atoms with Crippen LogP contribution in [0.1, 0.15) is 31.7 Å². The van der Waals surface area contributed by atoms with Gasteiger partial charge >= 0.3 is 0 Å². The van der Waals surface area contributed by atoms with E-state index in [9.17, 15) is 0 Å². The lowest BCUT2D eigenvalue weighted by molar-refractivity contribution is 0.644. The van der Waals surface area contributed by atoms with Gasteiger partial charge in [0.15, 0.2) is 0 Å². The van der Waals surface area contributed by atoms with Gasteiger partial charge in [-0.15, -0.1) is 11.6 Å². The van der Waals surface area contributed by atoms with Crippen LogP contribution in [0.3, 0.4) is 0 Å². The molecule has 1 aromatic rings. The van der Waals surface area contributed by atoms with Gasteiger partial charge in [0.1, 0.15) is 0 Å². The van der Waals surface area contributed by atoms with E-state index in [4.69, 9.17) is 11.6 Å². The maximum atomic E-state index is 6.03. The van der Waals surface area contributed by atoms with Crippen LogP contribution in [-0.2, 0) is 5.88 Å². The molecule has 0 amide bonds. The standard InChI is InChI=1S/C13H17BrClN/c1-2-12-4-3-7-16(12)13-6-5-11(14)8-10(13)9-15/h5-6,8,12H,2-4,7,9H2,1H3. The van der Waals surface area contributed by atoms with Crippen LogP contribution in [-0.4, -0.2) is 12.6 Å². The third-order valence-corrected chi connectivity index (χ3v) is 4.12. The van der Waals surface area contributed by atoms with Crippen molar-refractivity contribution in [1.82, 2.24) is 0 Å². The number of benzene rings is 1. The lowest BCUT2D eigenvalue weighted by atomic mass is 10.1. The van der Waals surface area contributed by atoms with Crippen LogP contribution in [0.25, 0.3) is 0 Å². The average molecular weight is 303 g/mol. The van der Waals surface area contributed by atoms with Gasteiger partial charge in [-0.25, -0.2) is 0 Å². The van der Waals surface area contributed by atoms with E-state index in [1.54, 1.807) is 0 Å². The van der Waals surface area contributed by atoms with Crippen molar-refractivity contribution in [1.29, 1.82) is 0 Å². The highest BCUT2D eigenvalue weighted by molar-refractivity contribution is 9.10. The molecule has 1 aliphatic heterocycles. The van der Waals surface area contributed by atoms with Crippen molar-refractivity contribution >= 4 is 33.2 Å². The van der Waals surface area contributed by atoms with Crippen molar-refractivity contribution in [2.24, 2.45) is 0 Å². The summed E-state index contributed by atoms with van der Waals surface area (Å²) in [6.07, 6.45) is 3.84. The van der Waals surface area contributed by atoms with Gasteiger partial charge in [-0.1, -0.05) is 22.9 Å². The molecule has 3 heteroatoms. The minimum atomic E-state index is 0.585. The number of anilines is 1. The van der Waals surface area contributed by atoms with Crippen LogP contribution < -0.4 is 4.90 Å². The van der Waals surface area contributed by atoms with E-state index in [-0.39, 0.29) is 0 Å². The topological polar surface area (TPSA) is 3.24 Å². The summed E-state index contributed by atoms with van der Waals surface area (Å²) in [6, 6.07) is 7.13. The van der Waals surface area contributed by atoms with Gasteiger partial charge in [0.2, 0.25) is 0 Å².